The maximum atomic E-state index is 12.5. The molecule has 0 radical (unpaired) electrons. The fourth-order valence-electron chi connectivity index (χ4n) is 2.37. The van der Waals surface area contributed by atoms with Crippen molar-refractivity contribution >= 4 is 23.3 Å². The van der Waals surface area contributed by atoms with E-state index in [2.05, 4.69) is 5.32 Å². The highest BCUT2D eigenvalue weighted by Crippen LogP contribution is 2.34. The number of nitrogens with one attached hydrogen (secondary N) is 1. The summed E-state index contributed by atoms with van der Waals surface area (Å²) in [6.07, 6.45) is 0. The Kier molecular flexibility index (Phi) is 6.32. The van der Waals surface area contributed by atoms with E-state index in [1.54, 1.807) is 6.07 Å². The molecule has 0 spiro atoms. The summed E-state index contributed by atoms with van der Waals surface area (Å²) >= 11 is 0. The molecular formula is C18H18N2O7. The first-order valence-electron chi connectivity index (χ1n) is 7.80. The van der Waals surface area contributed by atoms with Gasteiger partial charge in [0.15, 0.2) is 11.5 Å². The number of para-hydroxylation sites is 1. The topological polar surface area (TPSA) is 117 Å². The number of hydrogen-bond donors (Lipinski definition) is 1. The van der Waals surface area contributed by atoms with Gasteiger partial charge in [0.25, 0.3) is 5.69 Å². The summed E-state index contributed by atoms with van der Waals surface area (Å²) in [5.74, 6) is -0.589. The van der Waals surface area contributed by atoms with E-state index in [9.17, 15) is 19.7 Å². The number of carbonyl (C=O) groups is 2. The van der Waals surface area contributed by atoms with Gasteiger partial charge in [0.2, 0.25) is 5.91 Å². The van der Waals surface area contributed by atoms with Gasteiger partial charge in [-0.3, -0.25) is 14.9 Å². The molecule has 142 valence electrons. The molecule has 0 aliphatic heterocycles. The monoisotopic (exact) mass is 374 g/mol. The lowest BCUT2D eigenvalue weighted by Gasteiger charge is -2.14. The van der Waals surface area contributed by atoms with E-state index in [0.717, 1.165) is 0 Å². The maximum Gasteiger partial charge on any atom is 0.340 e. The molecule has 0 bridgehead atoms. The first kappa shape index (κ1) is 19.7. The van der Waals surface area contributed by atoms with Gasteiger partial charge in [0, 0.05) is 25.1 Å². The van der Waals surface area contributed by atoms with Crippen LogP contribution in [0.2, 0.25) is 0 Å². The predicted octanol–water partition coefficient (Wildman–Crippen LogP) is 2.93. The van der Waals surface area contributed by atoms with Crippen LogP contribution in [0.25, 0.3) is 0 Å². The van der Waals surface area contributed by atoms with Crippen molar-refractivity contribution in [1.82, 2.24) is 0 Å². The fraction of sp³-hybridized carbons (Fsp3) is 0.222. The van der Waals surface area contributed by atoms with Crippen LogP contribution >= 0.6 is 0 Å². The van der Waals surface area contributed by atoms with Crippen molar-refractivity contribution in [3.05, 3.63) is 57.6 Å². The molecular weight excluding hydrogens is 356 g/mol. The van der Waals surface area contributed by atoms with E-state index in [1.165, 1.54) is 51.5 Å². The van der Waals surface area contributed by atoms with Crippen LogP contribution in [0.3, 0.4) is 0 Å². The zero-order valence-electron chi connectivity index (χ0n) is 15.0. The summed E-state index contributed by atoms with van der Waals surface area (Å²) in [5.41, 5.74) is 0.297. The number of ether oxygens (including phenoxy) is 3. The number of carbonyl (C=O) groups excluding carboxylic acids is 2. The third-order valence-corrected chi connectivity index (χ3v) is 3.60. The van der Waals surface area contributed by atoms with Gasteiger partial charge in [-0.15, -0.1) is 0 Å². The molecule has 0 saturated carbocycles. The van der Waals surface area contributed by atoms with Crippen LogP contribution < -0.4 is 14.8 Å². The Balaban J connectivity index is 2.32. The largest absolute Gasteiger partial charge is 0.493 e. The second-order valence-electron chi connectivity index (χ2n) is 5.40. The number of hydrogen-bond acceptors (Lipinski definition) is 7. The van der Waals surface area contributed by atoms with Gasteiger partial charge >= 0.3 is 5.97 Å². The molecule has 0 heterocycles. The summed E-state index contributed by atoms with van der Waals surface area (Å²) in [6.45, 7) is 0.989. The Bertz CT molecular complexity index is 880. The molecule has 9 nitrogen and oxygen atoms in total. The molecule has 2 rings (SSSR count). The van der Waals surface area contributed by atoms with Gasteiger partial charge in [0.05, 0.1) is 36.0 Å². The minimum atomic E-state index is -0.780. The Labute approximate surface area is 155 Å². The molecule has 0 fully saturated rings. The van der Waals surface area contributed by atoms with E-state index < -0.39 is 16.8 Å². The zero-order chi connectivity index (χ0) is 20.0. The number of rotatable bonds is 7. The number of amides is 1. The van der Waals surface area contributed by atoms with Crippen molar-refractivity contribution in [2.45, 2.75) is 13.5 Å². The third-order valence-electron chi connectivity index (χ3n) is 3.60. The molecule has 27 heavy (non-hydrogen) atoms. The van der Waals surface area contributed by atoms with E-state index in [4.69, 9.17) is 14.2 Å². The Hall–Kier alpha value is -3.62. The zero-order valence-corrected chi connectivity index (χ0v) is 15.0. The molecule has 1 N–H and O–H groups in total. The van der Waals surface area contributed by atoms with Crippen molar-refractivity contribution in [3.8, 4) is 11.5 Å². The summed E-state index contributed by atoms with van der Waals surface area (Å²) in [4.78, 5) is 34.5. The molecule has 0 aromatic heterocycles. The van der Waals surface area contributed by atoms with Crippen molar-refractivity contribution in [1.29, 1.82) is 0 Å². The summed E-state index contributed by atoms with van der Waals surface area (Å²) in [6, 6.07) is 8.74. The first-order chi connectivity index (χ1) is 12.9. The average molecular weight is 374 g/mol. The number of nitro benzene ring substituents is 1. The molecule has 0 unspecified atom stereocenters. The lowest BCUT2D eigenvalue weighted by Crippen LogP contribution is -2.14. The van der Waals surface area contributed by atoms with Crippen molar-refractivity contribution in [2.75, 3.05) is 19.5 Å². The first-order valence-corrected chi connectivity index (χ1v) is 7.80. The third kappa shape index (κ3) is 4.72. The van der Waals surface area contributed by atoms with Crippen LogP contribution in [-0.4, -0.2) is 31.0 Å². The Morgan fingerprint density at radius 1 is 1.11 bits per heavy atom. The molecule has 2 aromatic rings. The molecule has 0 aliphatic carbocycles. The van der Waals surface area contributed by atoms with E-state index in [-0.39, 0.29) is 34.9 Å². The second-order valence-corrected chi connectivity index (χ2v) is 5.40. The SMILES string of the molecule is COc1cc(NC(C)=O)c(C(=O)OCc2ccccc2[N+](=O)[O-])cc1OC. The maximum absolute atomic E-state index is 12.5. The van der Waals surface area contributed by atoms with Crippen LogP contribution in [0, 0.1) is 10.1 Å². The number of methoxy groups -OCH3 is 2. The molecule has 0 atom stereocenters. The second kappa shape index (κ2) is 8.65. The minimum Gasteiger partial charge on any atom is -0.493 e. The van der Waals surface area contributed by atoms with E-state index in [0.29, 0.717) is 5.75 Å². The van der Waals surface area contributed by atoms with Crippen LogP contribution in [-0.2, 0) is 16.1 Å². The minimum absolute atomic E-state index is 0.0291. The summed E-state index contributed by atoms with van der Waals surface area (Å²) in [7, 11) is 2.82. The smallest absolute Gasteiger partial charge is 0.340 e. The lowest BCUT2D eigenvalue weighted by molar-refractivity contribution is -0.385. The van der Waals surface area contributed by atoms with Crippen LogP contribution in [0.1, 0.15) is 22.8 Å². The normalized spacial score (nSPS) is 10.0. The molecule has 0 saturated heterocycles. The lowest BCUT2D eigenvalue weighted by atomic mass is 10.1. The van der Waals surface area contributed by atoms with Gasteiger partial charge in [-0.2, -0.15) is 0 Å². The van der Waals surface area contributed by atoms with Gasteiger partial charge in [-0.25, -0.2) is 4.79 Å². The number of esters is 1. The molecule has 9 heteroatoms. The summed E-state index contributed by atoms with van der Waals surface area (Å²) < 4.78 is 15.5. The van der Waals surface area contributed by atoms with Gasteiger partial charge in [-0.1, -0.05) is 12.1 Å². The van der Waals surface area contributed by atoms with E-state index >= 15 is 0 Å². The Morgan fingerprint density at radius 2 is 1.74 bits per heavy atom. The van der Waals surface area contributed by atoms with Gasteiger partial charge in [0.1, 0.15) is 6.61 Å². The highest BCUT2D eigenvalue weighted by Gasteiger charge is 2.20. The van der Waals surface area contributed by atoms with Crippen molar-refractivity contribution in [3.63, 3.8) is 0 Å². The molecule has 2 aromatic carbocycles. The number of anilines is 1. The van der Waals surface area contributed by atoms with Crippen molar-refractivity contribution < 1.29 is 28.7 Å². The van der Waals surface area contributed by atoms with Crippen LogP contribution in [0.5, 0.6) is 11.5 Å². The number of nitrogens with zero attached hydrogens (tertiary/aromatic N) is 1. The predicted molar refractivity (Wildman–Crippen MR) is 96.1 cm³/mol. The summed E-state index contributed by atoms with van der Waals surface area (Å²) in [5, 5.41) is 13.6. The van der Waals surface area contributed by atoms with Gasteiger partial charge in [-0.05, 0) is 6.07 Å². The van der Waals surface area contributed by atoms with Crippen molar-refractivity contribution in [2.24, 2.45) is 0 Å². The van der Waals surface area contributed by atoms with Crippen LogP contribution in [0.15, 0.2) is 36.4 Å². The van der Waals surface area contributed by atoms with Gasteiger partial charge < -0.3 is 19.5 Å². The Morgan fingerprint density at radius 3 is 2.33 bits per heavy atom. The van der Waals surface area contributed by atoms with E-state index in [1.807, 2.05) is 0 Å². The number of benzene rings is 2. The molecule has 0 aliphatic rings. The highest BCUT2D eigenvalue weighted by molar-refractivity contribution is 6.01. The standard InChI is InChI=1S/C18H18N2O7/c1-11(21)19-14-9-17(26-3)16(25-2)8-13(14)18(22)27-10-12-6-4-5-7-15(12)20(23)24/h4-9H,10H2,1-3H3,(H,19,21). The quantitative estimate of drug-likeness (QED) is 0.450. The number of nitro groups is 1. The fourth-order valence-corrected chi connectivity index (χ4v) is 2.37. The van der Waals surface area contributed by atoms with Crippen LogP contribution in [0.4, 0.5) is 11.4 Å². The average Bonchev–Trinajstić information content (AvgIpc) is 2.65. The highest BCUT2D eigenvalue weighted by atomic mass is 16.6. The molecule has 1 amide bonds.